The normalized spacial score (nSPS) is 22.8. The Morgan fingerprint density at radius 1 is 0.882 bits per heavy atom. The maximum atomic E-state index is 13.3. The van der Waals surface area contributed by atoms with E-state index in [9.17, 15) is 24.0 Å². The molecule has 2 aromatic carbocycles. The van der Waals surface area contributed by atoms with E-state index in [1.807, 2.05) is 30.3 Å². The third-order valence-corrected chi connectivity index (χ3v) is 10.6. The van der Waals surface area contributed by atoms with Gasteiger partial charge in [-0.2, -0.15) is 5.10 Å². The van der Waals surface area contributed by atoms with Gasteiger partial charge in [0.15, 0.2) is 5.82 Å². The van der Waals surface area contributed by atoms with E-state index in [1.165, 1.54) is 5.56 Å². The first-order chi connectivity index (χ1) is 24.7. The minimum absolute atomic E-state index is 0.0944. The fraction of sp³-hybridized carbons (Fsp3) is 0.474. The Morgan fingerprint density at radius 2 is 1.65 bits per heavy atom. The number of imide groups is 2. The molecule has 13 nitrogen and oxygen atoms in total. The van der Waals surface area contributed by atoms with Gasteiger partial charge < -0.3 is 14.8 Å². The largest absolute Gasteiger partial charge is 0.382 e. The maximum absolute atomic E-state index is 13.3. The summed E-state index contributed by atoms with van der Waals surface area (Å²) in [6.07, 6.45) is 5.49. The van der Waals surface area contributed by atoms with Crippen molar-refractivity contribution < 1.29 is 33.4 Å². The Bertz CT molecular complexity index is 1800. The van der Waals surface area contributed by atoms with Gasteiger partial charge in [0.2, 0.25) is 17.7 Å². The van der Waals surface area contributed by atoms with Crippen molar-refractivity contribution in [2.45, 2.75) is 81.9 Å². The van der Waals surface area contributed by atoms with Gasteiger partial charge in [-0.1, -0.05) is 30.3 Å². The number of H-pyrrole nitrogens is 1. The highest BCUT2D eigenvalue weighted by molar-refractivity contribution is 6.23. The predicted molar refractivity (Wildman–Crippen MR) is 186 cm³/mol. The van der Waals surface area contributed by atoms with Gasteiger partial charge in [0.25, 0.3) is 11.8 Å². The number of aromatic nitrogens is 2. The zero-order chi connectivity index (χ0) is 35.5. The number of rotatable bonds is 12. The highest BCUT2D eigenvalue weighted by atomic mass is 16.5. The molecule has 3 fully saturated rings. The number of carbonyl (C=O) groups excluding carboxylic acids is 5. The van der Waals surface area contributed by atoms with Crippen molar-refractivity contribution in [1.29, 1.82) is 0 Å². The molecule has 4 heterocycles. The van der Waals surface area contributed by atoms with E-state index in [1.54, 1.807) is 13.2 Å². The van der Waals surface area contributed by atoms with Gasteiger partial charge in [0.1, 0.15) is 6.04 Å². The molecule has 1 aliphatic carbocycles. The number of likely N-dealkylation sites (tertiary alicyclic amines) is 1. The average Bonchev–Trinajstić information content (AvgIpc) is 3.85. The number of amides is 5. The fourth-order valence-electron chi connectivity index (χ4n) is 7.84. The molecule has 51 heavy (non-hydrogen) atoms. The number of anilines is 1. The third kappa shape index (κ3) is 7.80. The van der Waals surface area contributed by atoms with Gasteiger partial charge in [-0.25, -0.2) is 0 Å². The van der Waals surface area contributed by atoms with Gasteiger partial charge in [-0.05, 0) is 86.4 Å². The predicted octanol–water partition coefficient (Wildman–Crippen LogP) is 3.67. The SMILES string of the molecule is COCCO[C@@H]1CC[C@H](c2cc(NC(=O)Cc3ccc(CN4CCC(c5ccc6c(c5)C(=O)N(C5CCC(=O)NC5=O)C6=O)CC4)cc3)n[nH]2)C1. The van der Waals surface area contributed by atoms with Crippen LogP contribution >= 0.6 is 0 Å². The van der Waals surface area contributed by atoms with Crippen LogP contribution in [0.1, 0.15) is 99.9 Å². The number of hydrogen-bond donors (Lipinski definition) is 3. The number of nitrogens with zero attached hydrogens (tertiary/aromatic N) is 3. The minimum atomic E-state index is -0.966. The molecule has 3 N–H and O–H groups in total. The number of ether oxygens (including phenoxy) is 2. The molecular weight excluding hydrogens is 652 g/mol. The Kier molecular flexibility index (Phi) is 10.4. The molecule has 2 saturated heterocycles. The Labute approximate surface area is 296 Å². The molecule has 0 radical (unpaired) electrons. The molecule has 1 aromatic heterocycles. The van der Waals surface area contributed by atoms with Crippen molar-refractivity contribution in [2.24, 2.45) is 0 Å². The first-order valence-corrected chi connectivity index (χ1v) is 17.9. The lowest BCUT2D eigenvalue weighted by Crippen LogP contribution is -2.54. The van der Waals surface area contributed by atoms with E-state index >= 15 is 0 Å². The Hall–Kier alpha value is -4.72. The summed E-state index contributed by atoms with van der Waals surface area (Å²) in [7, 11) is 1.67. The summed E-state index contributed by atoms with van der Waals surface area (Å²) in [6.45, 7) is 3.76. The molecule has 0 bridgehead atoms. The summed E-state index contributed by atoms with van der Waals surface area (Å²) in [4.78, 5) is 66.5. The molecule has 3 aromatic rings. The summed E-state index contributed by atoms with van der Waals surface area (Å²) in [5.41, 5.74) is 4.77. The lowest BCUT2D eigenvalue weighted by molar-refractivity contribution is -0.136. The lowest BCUT2D eigenvalue weighted by atomic mass is 9.87. The highest BCUT2D eigenvalue weighted by Crippen LogP contribution is 2.36. The van der Waals surface area contributed by atoms with Crippen LogP contribution in [0.3, 0.4) is 0 Å². The van der Waals surface area contributed by atoms with Crippen LogP contribution in [0.25, 0.3) is 0 Å². The zero-order valence-electron chi connectivity index (χ0n) is 28.8. The number of methoxy groups -OCH3 is 1. The molecule has 3 aliphatic heterocycles. The number of piperidine rings is 2. The van der Waals surface area contributed by atoms with E-state index in [-0.39, 0.29) is 37.2 Å². The van der Waals surface area contributed by atoms with Crippen molar-refractivity contribution in [3.05, 3.63) is 82.0 Å². The van der Waals surface area contributed by atoms with Crippen molar-refractivity contribution in [3.63, 3.8) is 0 Å². The third-order valence-electron chi connectivity index (χ3n) is 10.6. The van der Waals surface area contributed by atoms with Gasteiger partial charge in [0, 0.05) is 37.8 Å². The first kappa shape index (κ1) is 34.7. The topological polar surface area (TPSA) is 163 Å². The Balaban J connectivity index is 0.862. The van der Waals surface area contributed by atoms with Crippen LogP contribution in [0.5, 0.6) is 0 Å². The van der Waals surface area contributed by atoms with Gasteiger partial charge in [-0.3, -0.25) is 44.2 Å². The van der Waals surface area contributed by atoms with Crippen LogP contribution in [0, 0.1) is 0 Å². The van der Waals surface area contributed by atoms with Crippen LogP contribution in [0.4, 0.5) is 5.82 Å². The fourth-order valence-corrected chi connectivity index (χ4v) is 7.84. The van der Waals surface area contributed by atoms with Crippen LogP contribution in [-0.2, 0) is 36.8 Å². The van der Waals surface area contributed by atoms with Crippen molar-refractivity contribution in [3.8, 4) is 0 Å². The summed E-state index contributed by atoms with van der Waals surface area (Å²) in [5, 5.41) is 12.6. The molecule has 13 heteroatoms. The quantitative estimate of drug-likeness (QED) is 0.190. The highest BCUT2D eigenvalue weighted by Gasteiger charge is 2.45. The number of fused-ring (bicyclic) bond motifs is 1. The molecule has 0 spiro atoms. The molecule has 5 amide bonds. The average molecular weight is 697 g/mol. The number of nitrogens with one attached hydrogen (secondary N) is 3. The second-order valence-electron chi connectivity index (χ2n) is 14.0. The van der Waals surface area contributed by atoms with Gasteiger partial charge in [-0.15, -0.1) is 0 Å². The summed E-state index contributed by atoms with van der Waals surface area (Å²) < 4.78 is 10.9. The molecule has 268 valence electrons. The monoisotopic (exact) mass is 696 g/mol. The van der Waals surface area contributed by atoms with Crippen LogP contribution in [0.15, 0.2) is 48.5 Å². The van der Waals surface area contributed by atoms with Crippen molar-refractivity contribution >= 4 is 35.4 Å². The Morgan fingerprint density at radius 3 is 2.41 bits per heavy atom. The molecule has 1 saturated carbocycles. The summed E-state index contributed by atoms with van der Waals surface area (Å²) >= 11 is 0. The molecule has 3 atom stereocenters. The van der Waals surface area contributed by atoms with Gasteiger partial charge >= 0.3 is 0 Å². The van der Waals surface area contributed by atoms with E-state index in [4.69, 9.17) is 9.47 Å². The second kappa shape index (κ2) is 15.3. The second-order valence-corrected chi connectivity index (χ2v) is 14.0. The number of aromatic amines is 1. The van der Waals surface area contributed by atoms with Crippen LogP contribution in [-0.4, -0.2) is 95.1 Å². The van der Waals surface area contributed by atoms with E-state index in [0.29, 0.717) is 36.1 Å². The summed E-state index contributed by atoms with van der Waals surface area (Å²) in [5.74, 6) is -0.944. The lowest BCUT2D eigenvalue weighted by Gasteiger charge is -2.32. The van der Waals surface area contributed by atoms with Crippen molar-refractivity contribution in [2.75, 3.05) is 38.7 Å². The zero-order valence-corrected chi connectivity index (χ0v) is 28.8. The molecule has 4 aliphatic rings. The smallest absolute Gasteiger partial charge is 0.262 e. The molecule has 1 unspecified atom stereocenters. The number of carbonyl (C=O) groups is 5. The number of hydrogen-bond acceptors (Lipinski definition) is 9. The minimum Gasteiger partial charge on any atom is -0.382 e. The van der Waals surface area contributed by atoms with Crippen molar-refractivity contribution in [1.82, 2.24) is 25.3 Å². The first-order valence-electron chi connectivity index (χ1n) is 17.9. The van der Waals surface area contributed by atoms with Gasteiger partial charge in [0.05, 0.1) is 36.9 Å². The molecule has 7 rings (SSSR count). The molecular formula is C38H44N6O7. The van der Waals surface area contributed by atoms with Crippen LogP contribution in [0.2, 0.25) is 0 Å². The van der Waals surface area contributed by atoms with E-state index in [2.05, 4.69) is 37.9 Å². The van der Waals surface area contributed by atoms with Crippen LogP contribution < -0.4 is 10.6 Å². The number of benzene rings is 2. The van der Waals surface area contributed by atoms with E-state index < -0.39 is 29.7 Å². The standard InChI is InChI=1S/C38H44N6O7/c1-50-16-17-51-28-8-6-27(19-28)31-21-33(42-41-31)39-35(46)18-23-2-4-24(5-3-23)22-43-14-12-25(13-15-43)26-7-9-29-30(20-26)38(49)44(37(29)48)32-10-11-34(45)40-36(32)47/h2-5,7,9,20-21,25,27-28,32H,6,8,10-19,22H2,1H3,(H,40,45,47)(H2,39,41,42,46)/t27-,28+,32?/m0/s1. The summed E-state index contributed by atoms with van der Waals surface area (Å²) in [6, 6.07) is 14.5. The van der Waals surface area contributed by atoms with E-state index in [0.717, 1.165) is 73.5 Å². The maximum Gasteiger partial charge on any atom is 0.262 e.